The molecule has 20 heavy (non-hydrogen) atoms. The second kappa shape index (κ2) is 6.47. The Morgan fingerprint density at radius 3 is 2.55 bits per heavy atom. The van der Waals surface area contributed by atoms with E-state index in [1.54, 1.807) is 19.5 Å². The summed E-state index contributed by atoms with van der Waals surface area (Å²) >= 11 is 3.44. The minimum atomic E-state index is 0.0387. The Morgan fingerprint density at radius 1 is 1.30 bits per heavy atom. The highest BCUT2D eigenvalue weighted by Crippen LogP contribution is 2.30. The van der Waals surface area contributed by atoms with Gasteiger partial charge in [-0.3, -0.25) is 4.79 Å². The number of benzene rings is 1. The van der Waals surface area contributed by atoms with Crippen LogP contribution in [0.4, 0.5) is 5.95 Å². The van der Waals surface area contributed by atoms with E-state index in [0.29, 0.717) is 5.95 Å². The van der Waals surface area contributed by atoms with Crippen LogP contribution in [0.2, 0.25) is 0 Å². The predicted octanol–water partition coefficient (Wildman–Crippen LogP) is 2.92. The number of nitrogens with one attached hydrogen (secondary N) is 1. The SMILES string of the molecule is COc1ccc(-c2cnc(NCC(C)=O)nc2)cc1Br. The van der Waals surface area contributed by atoms with Crippen molar-refractivity contribution in [2.45, 2.75) is 6.92 Å². The molecule has 0 unspecified atom stereocenters. The summed E-state index contributed by atoms with van der Waals surface area (Å²) in [6.45, 7) is 1.74. The molecule has 2 aromatic rings. The summed E-state index contributed by atoms with van der Waals surface area (Å²) < 4.78 is 6.06. The number of carbonyl (C=O) groups excluding carboxylic acids is 1. The van der Waals surface area contributed by atoms with Crippen molar-refractivity contribution in [3.63, 3.8) is 0 Å². The fourth-order valence-electron chi connectivity index (χ4n) is 1.62. The molecule has 0 radical (unpaired) electrons. The molecule has 1 N–H and O–H groups in total. The first-order chi connectivity index (χ1) is 9.60. The largest absolute Gasteiger partial charge is 0.496 e. The Morgan fingerprint density at radius 2 is 2.00 bits per heavy atom. The fraction of sp³-hybridized carbons (Fsp3) is 0.214. The minimum absolute atomic E-state index is 0.0387. The summed E-state index contributed by atoms with van der Waals surface area (Å²) in [7, 11) is 1.62. The Kier molecular flexibility index (Phi) is 4.68. The molecule has 0 bridgehead atoms. The number of Topliss-reactive ketones (excluding diaryl/α,β-unsaturated/α-hetero) is 1. The maximum Gasteiger partial charge on any atom is 0.222 e. The van der Waals surface area contributed by atoms with Gasteiger partial charge in [0.25, 0.3) is 0 Å². The van der Waals surface area contributed by atoms with Crippen molar-refractivity contribution in [2.75, 3.05) is 19.0 Å². The molecule has 0 atom stereocenters. The van der Waals surface area contributed by atoms with Gasteiger partial charge in [-0.2, -0.15) is 0 Å². The molecule has 0 aliphatic carbocycles. The van der Waals surface area contributed by atoms with E-state index in [0.717, 1.165) is 21.3 Å². The third-order valence-corrected chi connectivity index (χ3v) is 3.25. The van der Waals surface area contributed by atoms with Crippen LogP contribution in [0.1, 0.15) is 6.92 Å². The number of hydrogen-bond donors (Lipinski definition) is 1. The van der Waals surface area contributed by atoms with Crippen LogP contribution >= 0.6 is 15.9 Å². The molecule has 2 rings (SSSR count). The van der Waals surface area contributed by atoms with Gasteiger partial charge in [-0.05, 0) is 40.5 Å². The third kappa shape index (κ3) is 3.54. The van der Waals surface area contributed by atoms with Crippen LogP contribution in [0, 0.1) is 0 Å². The van der Waals surface area contributed by atoms with E-state index in [1.807, 2.05) is 18.2 Å². The van der Waals surface area contributed by atoms with Crippen molar-refractivity contribution >= 4 is 27.7 Å². The molecule has 0 aliphatic heterocycles. The van der Waals surface area contributed by atoms with Gasteiger partial charge in [-0.15, -0.1) is 0 Å². The lowest BCUT2D eigenvalue weighted by molar-refractivity contribution is -0.115. The maximum atomic E-state index is 10.9. The van der Waals surface area contributed by atoms with E-state index in [4.69, 9.17) is 4.74 Å². The van der Waals surface area contributed by atoms with Crippen molar-refractivity contribution < 1.29 is 9.53 Å². The molecule has 1 aromatic carbocycles. The summed E-state index contributed by atoms with van der Waals surface area (Å²) in [5.41, 5.74) is 1.87. The van der Waals surface area contributed by atoms with Crippen molar-refractivity contribution in [3.05, 3.63) is 35.1 Å². The topological polar surface area (TPSA) is 64.1 Å². The van der Waals surface area contributed by atoms with Gasteiger partial charge in [-0.25, -0.2) is 9.97 Å². The summed E-state index contributed by atoms with van der Waals surface area (Å²) in [5, 5.41) is 2.85. The first kappa shape index (κ1) is 14.5. The second-order valence-corrected chi connectivity index (χ2v) is 5.05. The van der Waals surface area contributed by atoms with Crippen LogP contribution < -0.4 is 10.1 Å². The first-order valence-electron chi connectivity index (χ1n) is 5.99. The quantitative estimate of drug-likeness (QED) is 0.910. The van der Waals surface area contributed by atoms with Crippen molar-refractivity contribution in [2.24, 2.45) is 0 Å². The zero-order valence-electron chi connectivity index (χ0n) is 11.2. The Hall–Kier alpha value is -1.95. The van der Waals surface area contributed by atoms with Crippen LogP contribution in [0.3, 0.4) is 0 Å². The number of anilines is 1. The highest BCUT2D eigenvalue weighted by atomic mass is 79.9. The number of ether oxygens (including phenoxy) is 1. The van der Waals surface area contributed by atoms with Gasteiger partial charge < -0.3 is 10.1 Å². The average molecular weight is 336 g/mol. The number of ketones is 1. The van der Waals surface area contributed by atoms with Crippen LogP contribution in [-0.4, -0.2) is 29.4 Å². The lowest BCUT2D eigenvalue weighted by Crippen LogP contribution is -2.11. The van der Waals surface area contributed by atoms with Crippen LogP contribution in [-0.2, 0) is 4.79 Å². The number of rotatable bonds is 5. The summed E-state index contributed by atoms with van der Waals surface area (Å²) in [6, 6.07) is 5.76. The number of methoxy groups -OCH3 is 1. The standard InChI is InChI=1S/C14H14BrN3O2/c1-9(19)6-16-14-17-7-11(8-18-14)10-3-4-13(20-2)12(15)5-10/h3-5,7-8H,6H2,1-2H3,(H,16,17,18). The highest BCUT2D eigenvalue weighted by Gasteiger charge is 2.05. The van der Waals surface area contributed by atoms with Crippen LogP contribution in [0.5, 0.6) is 5.75 Å². The Bertz CT molecular complexity index is 614. The molecule has 0 saturated carbocycles. The van der Waals surface area contributed by atoms with Crippen molar-refractivity contribution in [1.29, 1.82) is 0 Å². The molecular weight excluding hydrogens is 322 g/mol. The van der Waals surface area contributed by atoms with E-state index in [1.165, 1.54) is 6.92 Å². The van der Waals surface area contributed by atoms with Crippen molar-refractivity contribution in [3.8, 4) is 16.9 Å². The van der Waals surface area contributed by atoms with Gasteiger partial charge in [0.15, 0.2) is 0 Å². The number of aromatic nitrogens is 2. The maximum absolute atomic E-state index is 10.9. The van der Waals surface area contributed by atoms with Gasteiger partial charge in [0.2, 0.25) is 5.95 Å². The third-order valence-electron chi connectivity index (χ3n) is 2.63. The second-order valence-electron chi connectivity index (χ2n) is 4.20. The lowest BCUT2D eigenvalue weighted by atomic mass is 10.1. The minimum Gasteiger partial charge on any atom is -0.496 e. The van der Waals surface area contributed by atoms with E-state index < -0.39 is 0 Å². The number of halogens is 1. The number of nitrogens with zero attached hydrogens (tertiary/aromatic N) is 2. The van der Waals surface area contributed by atoms with Crippen molar-refractivity contribution in [1.82, 2.24) is 9.97 Å². The Labute approximate surface area is 125 Å². The molecule has 6 heteroatoms. The molecule has 0 fully saturated rings. The van der Waals surface area contributed by atoms with E-state index in [2.05, 4.69) is 31.2 Å². The smallest absolute Gasteiger partial charge is 0.222 e. The molecule has 0 amide bonds. The zero-order chi connectivity index (χ0) is 14.5. The predicted molar refractivity (Wildman–Crippen MR) is 80.9 cm³/mol. The Balaban J connectivity index is 2.17. The van der Waals surface area contributed by atoms with Gasteiger partial charge in [0.1, 0.15) is 11.5 Å². The van der Waals surface area contributed by atoms with E-state index in [9.17, 15) is 4.79 Å². The van der Waals surface area contributed by atoms with Gasteiger partial charge in [-0.1, -0.05) is 6.07 Å². The van der Waals surface area contributed by atoms with E-state index >= 15 is 0 Å². The summed E-state index contributed by atoms with van der Waals surface area (Å²) in [6.07, 6.45) is 3.42. The monoisotopic (exact) mass is 335 g/mol. The normalized spacial score (nSPS) is 10.2. The van der Waals surface area contributed by atoms with Crippen LogP contribution in [0.15, 0.2) is 35.1 Å². The first-order valence-corrected chi connectivity index (χ1v) is 6.78. The average Bonchev–Trinajstić information content (AvgIpc) is 2.45. The molecule has 1 aromatic heterocycles. The molecule has 0 aliphatic rings. The lowest BCUT2D eigenvalue weighted by Gasteiger charge is -2.07. The zero-order valence-corrected chi connectivity index (χ0v) is 12.8. The molecular formula is C14H14BrN3O2. The molecule has 0 saturated heterocycles. The molecule has 1 heterocycles. The van der Waals surface area contributed by atoms with Gasteiger partial charge in [0, 0.05) is 18.0 Å². The molecule has 5 nitrogen and oxygen atoms in total. The molecule has 104 valence electrons. The highest BCUT2D eigenvalue weighted by molar-refractivity contribution is 9.10. The van der Waals surface area contributed by atoms with Crippen LogP contribution in [0.25, 0.3) is 11.1 Å². The number of carbonyl (C=O) groups is 1. The molecule has 0 spiro atoms. The van der Waals surface area contributed by atoms with E-state index in [-0.39, 0.29) is 12.3 Å². The summed E-state index contributed by atoms with van der Waals surface area (Å²) in [5.74, 6) is 1.25. The van der Waals surface area contributed by atoms with Gasteiger partial charge >= 0.3 is 0 Å². The fourth-order valence-corrected chi connectivity index (χ4v) is 2.16. The number of hydrogen-bond acceptors (Lipinski definition) is 5. The summed E-state index contributed by atoms with van der Waals surface area (Å²) in [4.78, 5) is 19.2. The van der Waals surface area contributed by atoms with Gasteiger partial charge in [0.05, 0.1) is 18.1 Å².